The molecule has 0 radical (unpaired) electrons. The third-order valence-corrected chi connectivity index (χ3v) is 5.10. The summed E-state index contributed by atoms with van der Waals surface area (Å²) in [4.78, 5) is 20.7. The second-order valence-corrected chi connectivity index (χ2v) is 7.22. The maximum absolute atomic E-state index is 12.3. The van der Waals surface area contributed by atoms with Crippen LogP contribution in [-0.2, 0) is 17.6 Å². The number of carbonyl (C=O) groups excluding carboxylic acids is 1. The van der Waals surface area contributed by atoms with Crippen molar-refractivity contribution in [3.05, 3.63) is 46.2 Å². The van der Waals surface area contributed by atoms with Gasteiger partial charge in [-0.05, 0) is 49.8 Å². The van der Waals surface area contributed by atoms with Gasteiger partial charge < -0.3 is 10.4 Å². The molecule has 2 heterocycles. The lowest BCUT2D eigenvalue weighted by Gasteiger charge is -2.38. The van der Waals surface area contributed by atoms with Crippen molar-refractivity contribution in [2.45, 2.75) is 44.8 Å². The van der Waals surface area contributed by atoms with Gasteiger partial charge in [0.05, 0.1) is 23.2 Å². The fraction of sp³-hybridized carbons (Fsp3) is 0.471. The standard InChI is InChI=1S/C17H21N3O2S/c1-11-19-14(10-23-11)9-17(22)20-16(13-7-15(21)8-13)6-12-2-4-18-5-3-12/h2-5,10,13,15-16,21H,6-9H2,1H3,(H,20,22). The molecule has 1 amide bonds. The molecule has 0 bridgehead atoms. The van der Waals surface area contributed by atoms with Gasteiger partial charge >= 0.3 is 0 Å². The Kier molecular flexibility index (Phi) is 5.03. The zero-order valence-corrected chi connectivity index (χ0v) is 13.9. The lowest BCUT2D eigenvalue weighted by molar-refractivity contribution is -0.122. The molecule has 0 spiro atoms. The van der Waals surface area contributed by atoms with Crippen molar-refractivity contribution in [3.63, 3.8) is 0 Å². The van der Waals surface area contributed by atoms with E-state index in [0.29, 0.717) is 12.3 Å². The van der Waals surface area contributed by atoms with Crippen molar-refractivity contribution >= 4 is 17.2 Å². The Morgan fingerprint density at radius 1 is 1.43 bits per heavy atom. The Bertz CT molecular complexity index is 653. The number of amides is 1. The van der Waals surface area contributed by atoms with Crippen LogP contribution in [-0.4, -0.2) is 33.1 Å². The van der Waals surface area contributed by atoms with Crippen LogP contribution in [0.4, 0.5) is 0 Å². The van der Waals surface area contributed by atoms with E-state index in [4.69, 9.17) is 0 Å². The summed E-state index contributed by atoms with van der Waals surface area (Å²) in [6.45, 7) is 1.94. The van der Waals surface area contributed by atoms with Gasteiger partial charge in [0, 0.05) is 23.8 Å². The summed E-state index contributed by atoms with van der Waals surface area (Å²) in [5.41, 5.74) is 1.97. The van der Waals surface area contributed by atoms with Crippen molar-refractivity contribution in [1.29, 1.82) is 0 Å². The maximum Gasteiger partial charge on any atom is 0.226 e. The van der Waals surface area contributed by atoms with E-state index in [1.165, 1.54) is 0 Å². The minimum Gasteiger partial charge on any atom is -0.393 e. The Hall–Kier alpha value is -1.79. The number of aromatic nitrogens is 2. The Labute approximate surface area is 139 Å². The van der Waals surface area contributed by atoms with Gasteiger partial charge in [0.2, 0.25) is 5.91 Å². The summed E-state index contributed by atoms with van der Waals surface area (Å²) < 4.78 is 0. The molecule has 1 atom stereocenters. The first-order valence-corrected chi connectivity index (χ1v) is 8.75. The third kappa shape index (κ3) is 4.36. The maximum atomic E-state index is 12.3. The highest BCUT2D eigenvalue weighted by atomic mass is 32.1. The van der Waals surface area contributed by atoms with Gasteiger partial charge in [0.1, 0.15) is 0 Å². The summed E-state index contributed by atoms with van der Waals surface area (Å²) in [6.07, 6.45) is 5.90. The highest BCUT2D eigenvalue weighted by Crippen LogP contribution is 2.31. The van der Waals surface area contributed by atoms with E-state index >= 15 is 0 Å². The lowest BCUT2D eigenvalue weighted by atomic mass is 9.75. The highest BCUT2D eigenvalue weighted by Gasteiger charge is 2.34. The summed E-state index contributed by atoms with van der Waals surface area (Å²) in [6, 6.07) is 3.99. The number of pyridine rings is 1. The average molecular weight is 331 g/mol. The predicted molar refractivity (Wildman–Crippen MR) is 89.2 cm³/mol. The second-order valence-electron chi connectivity index (χ2n) is 6.15. The average Bonchev–Trinajstić information content (AvgIpc) is 2.89. The summed E-state index contributed by atoms with van der Waals surface area (Å²) in [7, 11) is 0. The van der Waals surface area contributed by atoms with Gasteiger partial charge in [-0.2, -0.15) is 0 Å². The fourth-order valence-corrected chi connectivity index (χ4v) is 3.59. The van der Waals surface area contributed by atoms with Crippen LogP contribution in [0.15, 0.2) is 29.9 Å². The molecule has 0 saturated heterocycles. The molecule has 2 aromatic heterocycles. The molecular formula is C17H21N3O2S. The van der Waals surface area contributed by atoms with Gasteiger partial charge in [-0.3, -0.25) is 9.78 Å². The van der Waals surface area contributed by atoms with Gasteiger partial charge in [0.25, 0.3) is 0 Å². The molecular weight excluding hydrogens is 310 g/mol. The molecule has 2 aromatic rings. The van der Waals surface area contributed by atoms with Gasteiger partial charge in [-0.1, -0.05) is 0 Å². The quantitative estimate of drug-likeness (QED) is 0.847. The smallest absolute Gasteiger partial charge is 0.226 e. The molecule has 1 fully saturated rings. The number of hydrogen-bond acceptors (Lipinski definition) is 5. The van der Waals surface area contributed by atoms with Crippen molar-refractivity contribution in [2.75, 3.05) is 0 Å². The van der Waals surface area contributed by atoms with E-state index in [1.807, 2.05) is 24.4 Å². The summed E-state index contributed by atoms with van der Waals surface area (Å²) in [5, 5.41) is 15.6. The summed E-state index contributed by atoms with van der Waals surface area (Å²) >= 11 is 1.56. The lowest BCUT2D eigenvalue weighted by Crippen LogP contribution is -2.48. The number of carbonyl (C=O) groups is 1. The predicted octanol–water partition coefficient (Wildman–Crippen LogP) is 1.89. The van der Waals surface area contributed by atoms with Crippen LogP contribution in [0.25, 0.3) is 0 Å². The van der Waals surface area contributed by atoms with Crippen LogP contribution in [0.2, 0.25) is 0 Å². The van der Waals surface area contributed by atoms with E-state index in [-0.39, 0.29) is 18.1 Å². The molecule has 23 heavy (non-hydrogen) atoms. The minimum atomic E-state index is -0.224. The van der Waals surface area contributed by atoms with Gasteiger partial charge in [0.15, 0.2) is 0 Å². The van der Waals surface area contributed by atoms with Crippen LogP contribution >= 0.6 is 11.3 Å². The third-order valence-electron chi connectivity index (χ3n) is 4.28. The first-order chi connectivity index (χ1) is 11.1. The second kappa shape index (κ2) is 7.19. The molecule has 1 aliphatic rings. The van der Waals surface area contributed by atoms with Gasteiger partial charge in [-0.25, -0.2) is 4.98 Å². The molecule has 2 N–H and O–H groups in total. The van der Waals surface area contributed by atoms with Crippen LogP contribution in [0.3, 0.4) is 0 Å². The number of thiazole rings is 1. The topological polar surface area (TPSA) is 75.1 Å². The first kappa shape index (κ1) is 16.1. The van der Waals surface area contributed by atoms with Gasteiger partial charge in [-0.15, -0.1) is 11.3 Å². The number of hydrogen-bond donors (Lipinski definition) is 2. The fourth-order valence-electron chi connectivity index (χ4n) is 2.98. The minimum absolute atomic E-state index is 0.00394. The molecule has 0 aromatic carbocycles. The van der Waals surface area contributed by atoms with Crippen molar-refractivity contribution < 1.29 is 9.90 Å². The zero-order chi connectivity index (χ0) is 16.2. The number of aryl methyl sites for hydroxylation is 1. The van der Waals surface area contributed by atoms with E-state index in [9.17, 15) is 9.90 Å². The number of nitrogens with one attached hydrogen (secondary N) is 1. The van der Waals surface area contributed by atoms with E-state index in [0.717, 1.165) is 35.5 Å². The van der Waals surface area contributed by atoms with Crippen molar-refractivity contribution in [3.8, 4) is 0 Å². The first-order valence-electron chi connectivity index (χ1n) is 7.87. The van der Waals surface area contributed by atoms with E-state index in [1.54, 1.807) is 23.7 Å². The Morgan fingerprint density at radius 3 is 2.78 bits per heavy atom. The molecule has 122 valence electrons. The van der Waals surface area contributed by atoms with Crippen LogP contribution in [0, 0.1) is 12.8 Å². The molecule has 6 heteroatoms. The van der Waals surface area contributed by atoms with Crippen LogP contribution in [0.1, 0.15) is 29.1 Å². The highest BCUT2D eigenvalue weighted by molar-refractivity contribution is 7.09. The largest absolute Gasteiger partial charge is 0.393 e. The number of aliphatic hydroxyl groups is 1. The van der Waals surface area contributed by atoms with E-state index in [2.05, 4.69) is 15.3 Å². The van der Waals surface area contributed by atoms with Crippen LogP contribution < -0.4 is 5.32 Å². The molecule has 1 unspecified atom stereocenters. The normalized spacial score (nSPS) is 21.5. The zero-order valence-electron chi connectivity index (χ0n) is 13.1. The van der Waals surface area contributed by atoms with Crippen LogP contribution in [0.5, 0.6) is 0 Å². The number of aliphatic hydroxyl groups excluding tert-OH is 1. The molecule has 5 nitrogen and oxygen atoms in total. The van der Waals surface area contributed by atoms with Crippen molar-refractivity contribution in [2.24, 2.45) is 5.92 Å². The Morgan fingerprint density at radius 2 is 2.17 bits per heavy atom. The number of rotatable bonds is 6. The SMILES string of the molecule is Cc1nc(CC(=O)NC(Cc2ccncc2)C2CC(O)C2)cs1. The molecule has 3 rings (SSSR count). The van der Waals surface area contributed by atoms with Crippen molar-refractivity contribution in [1.82, 2.24) is 15.3 Å². The van der Waals surface area contributed by atoms with E-state index < -0.39 is 0 Å². The summed E-state index contributed by atoms with van der Waals surface area (Å²) in [5.74, 6) is 0.329. The molecule has 1 saturated carbocycles. The molecule has 1 aliphatic carbocycles. The molecule has 0 aliphatic heterocycles. The Balaban J connectivity index is 1.62. The monoisotopic (exact) mass is 331 g/mol. The number of nitrogens with zero attached hydrogens (tertiary/aromatic N) is 2.